The van der Waals surface area contributed by atoms with E-state index in [0.717, 1.165) is 15.7 Å². The van der Waals surface area contributed by atoms with E-state index in [2.05, 4.69) is 21.2 Å². The number of hydrogen-bond donors (Lipinski definition) is 2. The Hall–Kier alpha value is -1.72. The number of aryl methyl sites for hydroxylation is 1. The standard InChI is InChI=1S/C15H12BrClN2O2/c16-9-2-3-13(10(17)6-9)21-14-7-12-8(5-11(14)18)1-4-15(20)19-12/h2-3,5-7H,1,4,18H2,(H,19,20). The molecule has 1 aliphatic rings. The second kappa shape index (κ2) is 5.58. The normalized spacial score (nSPS) is 13.5. The fraction of sp³-hybridized carbons (Fsp3) is 0.133. The molecule has 2 aromatic rings. The third-order valence-electron chi connectivity index (χ3n) is 3.24. The molecule has 0 saturated carbocycles. The summed E-state index contributed by atoms with van der Waals surface area (Å²) in [5, 5.41) is 3.30. The van der Waals surface area contributed by atoms with Crippen LogP contribution in [0.3, 0.4) is 0 Å². The summed E-state index contributed by atoms with van der Waals surface area (Å²) in [5.74, 6) is 0.980. The summed E-state index contributed by atoms with van der Waals surface area (Å²) >= 11 is 9.47. The smallest absolute Gasteiger partial charge is 0.224 e. The van der Waals surface area contributed by atoms with Crippen LogP contribution in [0.4, 0.5) is 11.4 Å². The van der Waals surface area contributed by atoms with Crippen molar-refractivity contribution in [2.24, 2.45) is 0 Å². The molecule has 0 spiro atoms. The maximum absolute atomic E-state index is 11.5. The summed E-state index contributed by atoms with van der Waals surface area (Å²) in [7, 11) is 0. The van der Waals surface area contributed by atoms with Crippen LogP contribution in [0.2, 0.25) is 5.02 Å². The van der Waals surface area contributed by atoms with E-state index < -0.39 is 0 Å². The van der Waals surface area contributed by atoms with Crippen molar-refractivity contribution in [3.05, 3.63) is 45.4 Å². The molecule has 6 heteroatoms. The van der Waals surface area contributed by atoms with Gasteiger partial charge in [-0.1, -0.05) is 27.5 Å². The molecule has 0 radical (unpaired) electrons. The van der Waals surface area contributed by atoms with Crippen LogP contribution >= 0.6 is 27.5 Å². The van der Waals surface area contributed by atoms with Crippen LogP contribution in [-0.2, 0) is 11.2 Å². The first kappa shape index (κ1) is 14.2. The van der Waals surface area contributed by atoms with Crippen molar-refractivity contribution in [3.8, 4) is 11.5 Å². The minimum Gasteiger partial charge on any atom is -0.454 e. The van der Waals surface area contributed by atoms with E-state index in [-0.39, 0.29) is 5.91 Å². The summed E-state index contributed by atoms with van der Waals surface area (Å²) in [4.78, 5) is 11.5. The zero-order valence-electron chi connectivity index (χ0n) is 11.0. The molecule has 3 N–H and O–H groups in total. The van der Waals surface area contributed by atoms with E-state index in [1.807, 2.05) is 12.1 Å². The lowest BCUT2D eigenvalue weighted by molar-refractivity contribution is -0.116. The number of fused-ring (bicyclic) bond motifs is 1. The first-order valence-electron chi connectivity index (χ1n) is 6.38. The largest absolute Gasteiger partial charge is 0.454 e. The number of carbonyl (C=O) groups is 1. The summed E-state index contributed by atoms with van der Waals surface area (Å²) in [6.07, 6.45) is 1.16. The highest BCUT2D eigenvalue weighted by Gasteiger charge is 2.18. The van der Waals surface area contributed by atoms with Gasteiger partial charge in [0.2, 0.25) is 5.91 Å². The molecule has 0 unspecified atom stereocenters. The van der Waals surface area contributed by atoms with E-state index >= 15 is 0 Å². The van der Waals surface area contributed by atoms with Crippen molar-refractivity contribution < 1.29 is 9.53 Å². The molecule has 21 heavy (non-hydrogen) atoms. The predicted octanol–water partition coefficient (Wildman–Crippen LogP) is 4.36. The highest BCUT2D eigenvalue weighted by Crippen LogP contribution is 2.38. The van der Waals surface area contributed by atoms with E-state index in [1.165, 1.54) is 0 Å². The van der Waals surface area contributed by atoms with E-state index in [0.29, 0.717) is 35.1 Å². The average Bonchev–Trinajstić information content (AvgIpc) is 2.43. The molecule has 1 amide bonds. The number of halogens is 2. The highest BCUT2D eigenvalue weighted by molar-refractivity contribution is 9.10. The van der Waals surface area contributed by atoms with Crippen molar-refractivity contribution in [3.63, 3.8) is 0 Å². The molecular formula is C15H12BrClN2O2. The molecule has 3 rings (SSSR count). The molecule has 108 valence electrons. The highest BCUT2D eigenvalue weighted by atomic mass is 79.9. The van der Waals surface area contributed by atoms with Gasteiger partial charge in [-0.2, -0.15) is 0 Å². The minimum atomic E-state index is -0.0000967. The topological polar surface area (TPSA) is 64.3 Å². The van der Waals surface area contributed by atoms with Gasteiger partial charge in [0.1, 0.15) is 5.75 Å². The first-order valence-corrected chi connectivity index (χ1v) is 7.55. The van der Waals surface area contributed by atoms with Gasteiger partial charge in [-0.3, -0.25) is 4.79 Å². The summed E-state index contributed by atoms with van der Waals surface area (Å²) in [6, 6.07) is 8.89. The molecule has 0 atom stereocenters. The Kier molecular flexibility index (Phi) is 3.78. The number of hydrogen-bond acceptors (Lipinski definition) is 3. The number of nitrogen functional groups attached to an aromatic ring is 1. The number of rotatable bonds is 2. The molecule has 0 fully saturated rings. The molecule has 0 saturated heterocycles. The molecule has 4 nitrogen and oxygen atoms in total. The number of amides is 1. The second-order valence-electron chi connectivity index (χ2n) is 4.77. The molecule has 1 heterocycles. The lowest BCUT2D eigenvalue weighted by Crippen LogP contribution is -2.19. The Morgan fingerprint density at radius 3 is 2.76 bits per heavy atom. The Morgan fingerprint density at radius 1 is 1.19 bits per heavy atom. The van der Waals surface area contributed by atoms with Gasteiger partial charge >= 0.3 is 0 Å². The lowest BCUT2D eigenvalue weighted by Gasteiger charge is -2.19. The predicted molar refractivity (Wildman–Crippen MR) is 87.0 cm³/mol. The van der Waals surface area contributed by atoms with Gasteiger partial charge < -0.3 is 15.8 Å². The van der Waals surface area contributed by atoms with Gasteiger partial charge in [0.05, 0.1) is 10.7 Å². The number of benzene rings is 2. The van der Waals surface area contributed by atoms with Crippen molar-refractivity contribution in [1.29, 1.82) is 0 Å². The van der Waals surface area contributed by atoms with E-state index in [9.17, 15) is 4.79 Å². The maximum Gasteiger partial charge on any atom is 0.224 e. The van der Waals surface area contributed by atoms with Crippen molar-refractivity contribution in [2.45, 2.75) is 12.8 Å². The van der Waals surface area contributed by atoms with Crippen LogP contribution < -0.4 is 15.8 Å². The van der Waals surface area contributed by atoms with Crippen LogP contribution in [0, 0.1) is 0 Å². The molecule has 1 aliphatic heterocycles. The van der Waals surface area contributed by atoms with Gasteiger partial charge in [0.25, 0.3) is 0 Å². The van der Waals surface area contributed by atoms with Gasteiger partial charge in [0.15, 0.2) is 5.75 Å². The zero-order chi connectivity index (χ0) is 15.0. The second-order valence-corrected chi connectivity index (χ2v) is 6.10. The number of ether oxygens (including phenoxy) is 1. The van der Waals surface area contributed by atoms with E-state index in [1.54, 1.807) is 18.2 Å². The van der Waals surface area contributed by atoms with Crippen LogP contribution in [0.5, 0.6) is 11.5 Å². The summed E-state index contributed by atoms with van der Waals surface area (Å²) < 4.78 is 6.63. The Bertz CT molecular complexity index is 734. The molecule has 0 bridgehead atoms. The summed E-state index contributed by atoms with van der Waals surface area (Å²) in [6.45, 7) is 0. The number of carbonyl (C=O) groups excluding carboxylic acids is 1. The quantitative estimate of drug-likeness (QED) is 0.775. The number of nitrogens with one attached hydrogen (secondary N) is 1. The summed E-state index contributed by atoms with van der Waals surface area (Å²) in [5.41, 5.74) is 8.29. The van der Waals surface area contributed by atoms with Gasteiger partial charge in [-0.15, -0.1) is 0 Å². The SMILES string of the molecule is Nc1cc2c(cc1Oc1ccc(Br)cc1Cl)NC(=O)CC2. The van der Waals surface area contributed by atoms with Crippen molar-refractivity contribution in [1.82, 2.24) is 0 Å². The van der Waals surface area contributed by atoms with Crippen LogP contribution in [0.25, 0.3) is 0 Å². The van der Waals surface area contributed by atoms with Crippen LogP contribution in [-0.4, -0.2) is 5.91 Å². The van der Waals surface area contributed by atoms with Gasteiger partial charge in [-0.25, -0.2) is 0 Å². The fourth-order valence-corrected chi connectivity index (χ4v) is 2.90. The minimum absolute atomic E-state index is 0.0000967. The van der Waals surface area contributed by atoms with Crippen LogP contribution in [0.1, 0.15) is 12.0 Å². The Labute approximate surface area is 135 Å². The zero-order valence-corrected chi connectivity index (χ0v) is 13.3. The van der Waals surface area contributed by atoms with Gasteiger partial charge in [0, 0.05) is 22.6 Å². The van der Waals surface area contributed by atoms with Crippen molar-refractivity contribution >= 4 is 44.8 Å². The van der Waals surface area contributed by atoms with Gasteiger partial charge in [-0.05, 0) is 36.2 Å². The third kappa shape index (κ3) is 2.99. The number of nitrogens with two attached hydrogens (primary N) is 1. The third-order valence-corrected chi connectivity index (χ3v) is 4.03. The van der Waals surface area contributed by atoms with E-state index in [4.69, 9.17) is 22.1 Å². The Balaban J connectivity index is 1.95. The molecule has 2 aromatic carbocycles. The molecular weight excluding hydrogens is 356 g/mol. The monoisotopic (exact) mass is 366 g/mol. The maximum atomic E-state index is 11.5. The molecule has 0 aliphatic carbocycles. The number of anilines is 2. The Morgan fingerprint density at radius 2 is 2.00 bits per heavy atom. The fourth-order valence-electron chi connectivity index (χ4n) is 2.19. The molecule has 0 aromatic heterocycles. The van der Waals surface area contributed by atoms with Crippen LogP contribution in [0.15, 0.2) is 34.8 Å². The lowest BCUT2D eigenvalue weighted by atomic mass is 10.0. The van der Waals surface area contributed by atoms with Crippen molar-refractivity contribution in [2.75, 3.05) is 11.1 Å². The average molecular weight is 368 g/mol. The first-order chi connectivity index (χ1) is 10.0.